The molecule has 4 rings (SSSR count). The number of hydrogen-bond donors (Lipinski definition) is 1. The molecular weight excluding hydrogens is 380 g/mol. The molecule has 0 saturated carbocycles. The Labute approximate surface area is 163 Å². The molecule has 1 aromatic carbocycles. The van der Waals surface area contributed by atoms with Crippen LogP contribution in [0.25, 0.3) is 22.6 Å². The minimum absolute atomic E-state index is 0.0949. The minimum Gasteiger partial charge on any atom is -0.339 e. The zero-order valence-electron chi connectivity index (χ0n) is 14.5. The maximum atomic E-state index is 12.2. The van der Waals surface area contributed by atoms with E-state index in [1.165, 1.54) is 0 Å². The molecular formula is C19H16N4O2S2. The third-order valence-electron chi connectivity index (χ3n) is 3.90. The van der Waals surface area contributed by atoms with Crippen molar-refractivity contribution >= 4 is 34.3 Å². The van der Waals surface area contributed by atoms with Crippen LogP contribution in [0.15, 0.2) is 51.0 Å². The topological polar surface area (TPSA) is 80.9 Å². The van der Waals surface area contributed by atoms with Crippen LogP contribution in [0.5, 0.6) is 0 Å². The van der Waals surface area contributed by atoms with Gasteiger partial charge in [-0.05, 0) is 30.5 Å². The number of aromatic nitrogens is 3. The van der Waals surface area contributed by atoms with Crippen molar-refractivity contribution in [3.8, 4) is 22.6 Å². The first-order chi connectivity index (χ1) is 13.2. The van der Waals surface area contributed by atoms with E-state index in [0.29, 0.717) is 18.1 Å². The summed E-state index contributed by atoms with van der Waals surface area (Å²) >= 11 is 3.19. The molecule has 0 atom stereocenters. The van der Waals surface area contributed by atoms with Gasteiger partial charge in [-0.25, -0.2) is 4.98 Å². The summed E-state index contributed by atoms with van der Waals surface area (Å²) in [6.07, 6.45) is 0.678. The van der Waals surface area contributed by atoms with Crippen molar-refractivity contribution < 1.29 is 9.32 Å². The van der Waals surface area contributed by atoms with Crippen LogP contribution < -0.4 is 5.32 Å². The van der Waals surface area contributed by atoms with Crippen molar-refractivity contribution in [2.24, 2.45) is 0 Å². The van der Waals surface area contributed by atoms with E-state index >= 15 is 0 Å². The Morgan fingerprint density at radius 2 is 1.96 bits per heavy atom. The molecule has 0 unspecified atom stereocenters. The van der Waals surface area contributed by atoms with E-state index in [1.54, 1.807) is 22.7 Å². The Morgan fingerprint density at radius 3 is 2.67 bits per heavy atom. The van der Waals surface area contributed by atoms with Gasteiger partial charge in [-0.1, -0.05) is 17.3 Å². The summed E-state index contributed by atoms with van der Waals surface area (Å²) in [5.74, 6) is 0.919. The molecule has 8 heteroatoms. The molecule has 1 N–H and O–H groups in total. The van der Waals surface area contributed by atoms with Gasteiger partial charge >= 0.3 is 0 Å². The Kier molecular flexibility index (Phi) is 5.08. The van der Waals surface area contributed by atoms with Gasteiger partial charge in [0.15, 0.2) is 0 Å². The highest BCUT2D eigenvalue weighted by Crippen LogP contribution is 2.23. The highest BCUT2D eigenvalue weighted by molar-refractivity contribution is 7.09. The van der Waals surface area contributed by atoms with Gasteiger partial charge < -0.3 is 9.84 Å². The third-order valence-corrected chi connectivity index (χ3v) is 5.35. The van der Waals surface area contributed by atoms with Gasteiger partial charge in [0.1, 0.15) is 0 Å². The van der Waals surface area contributed by atoms with Crippen LogP contribution >= 0.6 is 22.7 Å². The molecule has 27 heavy (non-hydrogen) atoms. The van der Waals surface area contributed by atoms with Gasteiger partial charge in [0.2, 0.25) is 17.6 Å². The molecule has 6 nitrogen and oxygen atoms in total. The van der Waals surface area contributed by atoms with Gasteiger partial charge in [-0.2, -0.15) is 16.3 Å². The van der Waals surface area contributed by atoms with Crippen molar-refractivity contribution in [3.05, 3.63) is 57.4 Å². The molecule has 0 radical (unpaired) electrons. The van der Waals surface area contributed by atoms with Gasteiger partial charge in [-0.3, -0.25) is 4.79 Å². The second-order valence-electron chi connectivity index (χ2n) is 5.90. The fourth-order valence-corrected chi connectivity index (χ4v) is 3.79. The van der Waals surface area contributed by atoms with E-state index in [1.807, 2.05) is 53.4 Å². The number of carbonyl (C=O) groups excluding carboxylic acids is 1. The highest BCUT2D eigenvalue weighted by atomic mass is 32.1. The Bertz CT molecular complexity index is 1040. The summed E-state index contributed by atoms with van der Waals surface area (Å²) in [6, 6.07) is 9.60. The SMILES string of the molecule is Cc1nc(-c2ccc(NC(=O)CCc3nc(-c4ccsc4)no3)cc2)cs1. The highest BCUT2D eigenvalue weighted by Gasteiger charge is 2.11. The monoisotopic (exact) mass is 396 g/mol. The Hall–Kier alpha value is -2.84. The van der Waals surface area contributed by atoms with Crippen LogP contribution in [-0.4, -0.2) is 21.0 Å². The molecule has 0 bridgehead atoms. The summed E-state index contributed by atoms with van der Waals surface area (Å²) in [4.78, 5) is 21.0. The molecule has 1 amide bonds. The number of nitrogens with one attached hydrogen (secondary N) is 1. The Balaban J connectivity index is 1.31. The molecule has 0 aliphatic heterocycles. The summed E-state index contributed by atoms with van der Waals surface area (Å²) in [7, 11) is 0. The van der Waals surface area contributed by atoms with Crippen LogP contribution in [0.3, 0.4) is 0 Å². The molecule has 0 saturated heterocycles. The first-order valence-corrected chi connectivity index (χ1v) is 10.2. The zero-order chi connectivity index (χ0) is 18.6. The van der Waals surface area contributed by atoms with E-state index < -0.39 is 0 Å². The van der Waals surface area contributed by atoms with Crippen molar-refractivity contribution in [1.82, 2.24) is 15.1 Å². The van der Waals surface area contributed by atoms with Crippen LogP contribution in [-0.2, 0) is 11.2 Å². The van der Waals surface area contributed by atoms with Crippen LogP contribution in [0, 0.1) is 6.92 Å². The second-order valence-corrected chi connectivity index (χ2v) is 7.74. The van der Waals surface area contributed by atoms with E-state index in [-0.39, 0.29) is 12.3 Å². The minimum atomic E-state index is -0.0949. The van der Waals surface area contributed by atoms with Crippen molar-refractivity contribution in [2.45, 2.75) is 19.8 Å². The summed E-state index contributed by atoms with van der Waals surface area (Å²) in [6.45, 7) is 1.98. The predicted octanol–water partition coefficient (Wildman–Crippen LogP) is 4.80. The Morgan fingerprint density at radius 1 is 1.11 bits per heavy atom. The molecule has 3 aromatic heterocycles. The lowest BCUT2D eigenvalue weighted by Gasteiger charge is -2.05. The standard InChI is InChI=1S/C19H16N4O2S2/c1-12-20-16(11-27-12)13-2-4-15(5-3-13)21-17(24)6-7-18-22-19(23-25-18)14-8-9-26-10-14/h2-5,8-11H,6-7H2,1H3,(H,21,24). The maximum Gasteiger partial charge on any atom is 0.227 e. The van der Waals surface area contributed by atoms with Crippen LogP contribution in [0.1, 0.15) is 17.3 Å². The fraction of sp³-hybridized carbons (Fsp3) is 0.158. The van der Waals surface area contributed by atoms with Crippen LogP contribution in [0.4, 0.5) is 5.69 Å². The number of aryl methyl sites for hydroxylation is 2. The first kappa shape index (κ1) is 17.6. The number of benzene rings is 1. The average Bonchev–Trinajstić information content (AvgIpc) is 3.42. The number of nitrogens with zero attached hydrogens (tertiary/aromatic N) is 3. The average molecular weight is 396 g/mol. The molecule has 0 aliphatic rings. The van der Waals surface area contributed by atoms with E-state index in [2.05, 4.69) is 20.4 Å². The number of carbonyl (C=O) groups is 1. The first-order valence-electron chi connectivity index (χ1n) is 8.35. The van der Waals surface area contributed by atoms with E-state index in [4.69, 9.17) is 4.52 Å². The fourth-order valence-electron chi connectivity index (χ4n) is 2.53. The van der Waals surface area contributed by atoms with Gasteiger partial charge in [0, 0.05) is 40.4 Å². The van der Waals surface area contributed by atoms with Crippen molar-refractivity contribution in [3.63, 3.8) is 0 Å². The number of thiophene rings is 1. The molecule has 0 aliphatic carbocycles. The number of amides is 1. The lowest BCUT2D eigenvalue weighted by atomic mass is 10.1. The van der Waals surface area contributed by atoms with Gasteiger partial charge in [-0.15, -0.1) is 11.3 Å². The van der Waals surface area contributed by atoms with E-state index in [9.17, 15) is 4.79 Å². The lowest BCUT2D eigenvalue weighted by molar-refractivity contribution is -0.116. The number of hydrogen-bond acceptors (Lipinski definition) is 7. The van der Waals surface area contributed by atoms with E-state index in [0.717, 1.165) is 27.5 Å². The third kappa shape index (κ3) is 4.29. The molecule has 136 valence electrons. The number of rotatable bonds is 6. The van der Waals surface area contributed by atoms with Crippen LogP contribution in [0.2, 0.25) is 0 Å². The molecule has 0 spiro atoms. The predicted molar refractivity (Wildman–Crippen MR) is 107 cm³/mol. The largest absolute Gasteiger partial charge is 0.339 e. The smallest absolute Gasteiger partial charge is 0.227 e. The lowest BCUT2D eigenvalue weighted by Crippen LogP contribution is -2.12. The number of thiazole rings is 1. The normalized spacial score (nSPS) is 10.9. The quantitative estimate of drug-likeness (QED) is 0.506. The molecule has 4 aromatic rings. The maximum absolute atomic E-state index is 12.2. The van der Waals surface area contributed by atoms with Crippen molar-refractivity contribution in [1.29, 1.82) is 0 Å². The molecule has 3 heterocycles. The molecule has 0 fully saturated rings. The number of anilines is 1. The second kappa shape index (κ2) is 7.81. The zero-order valence-corrected chi connectivity index (χ0v) is 16.1. The van der Waals surface area contributed by atoms with Gasteiger partial charge in [0.25, 0.3) is 0 Å². The summed E-state index contributed by atoms with van der Waals surface area (Å²) in [5.41, 5.74) is 3.66. The summed E-state index contributed by atoms with van der Waals surface area (Å²) in [5, 5.41) is 13.8. The summed E-state index contributed by atoms with van der Waals surface area (Å²) < 4.78 is 5.21. The van der Waals surface area contributed by atoms with Gasteiger partial charge in [0.05, 0.1) is 10.7 Å². The van der Waals surface area contributed by atoms with Crippen molar-refractivity contribution in [2.75, 3.05) is 5.32 Å².